The van der Waals surface area contributed by atoms with E-state index in [0.717, 1.165) is 34.5 Å². The van der Waals surface area contributed by atoms with Gasteiger partial charge >= 0.3 is 0 Å². The van der Waals surface area contributed by atoms with Gasteiger partial charge in [-0.15, -0.1) is 0 Å². The molecule has 30 heavy (non-hydrogen) atoms. The number of rotatable bonds is 6. The highest BCUT2D eigenvalue weighted by molar-refractivity contribution is 5.93. The Morgan fingerprint density at radius 2 is 1.97 bits per heavy atom. The highest BCUT2D eigenvalue weighted by Gasteiger charge is 2.22. The Kier molecular flexibility index (Phi) is 5.43. The third-order valence-electron chi connectivity index (χ3n) is 4.98. The van der Waals surface area contributed by atoms with Gasteiger partial charge in [0.1, 0.15) is 5.69 Å². The monoisotopic (exact) mass is 401 g/mol. The van der Waals surface area contributed by atoms with E-state index in [1.54, 1.807) is 18.5 Å². The number of hydrogen-bond donors (Lipinski definition) is 1. The quantitative estimate of drug-likeness (QED) is 0.526. The van der Waals surface area contributed by atoms with Gasteiger partial charge in [0, 0.05) is 36.8 Å². The number of nitrogens with zero attached hydrogens (tertiary/aromatic N) is 4. The lowest BCUT2D eigenvalue weighted by molar-refractivity contribution is 0.0906. The molecule has 0 spiro atoms. The maximum atomic E-state index is 13.0. The molecule has 3 aromatic heterocycles. The molecule has 1 unspecified atom stereocenters. The molecule has 7 nitrogen and oxygen atoms in total. The zero-order valence-corrected chi connectivity index (χ0v) is 17.2. The summed E-state index contributed by atoms with van der Waals surface area (Å²) >= 11 is 0. The number of carbonyl (C=O) groups is 1. The summed E-state index contributed by atoms with van der Waals surface area (Å²) < 4.78 is 7.18. The molecule has 1 atom stereocenters. The number of pyridine rings is 1. The van der Waals surface area contributed by atoms with Gasteiger partial charge in [0.25, 0.3) is 5.91 Å². The normalized spacial score (nSPS) is 12.0. The summed E-state index contributed by atoms with van der Waals surface area (Å²) in [6, 6.07) is 13.1. The first-order chi connectivity index (χ1) is 14.5. The lowest BCUT2D eigenvalue weighted by Gasteiger charge is -2.19. The first-order valence-corrected chi connectivity index (χ1v) is 9.83. The van der Waals surface area contributed by atoms with Gasteiger partial charge in [-0.2, -0.15) is 5.10 Å². The Balaban J connectivity index is 1.61. The predicted molar refractivity (Wildman–Crippen MR) is 113 cm³/mol. The van der Waals surface area contributed by atoms with E-state index < -0.39 is 0 Å². The molecule has 0 bridgehead atoms. The minimum Gasteiger partial charge on any atom is -0.350 e. The SMILES string of the molecule is CCn1cc(-c2cc(C(=O)NC(c3ccc(C)cc3)c3cccnc3)on2)c(C)n1. The maximum Gasteiger partial charge on any atom is 0.290 e. The third-order valence-corrected chi connectivity index (χ3v) is 4.98. The lowest BCUT2D eigenvalue weighted by Crippen LogP contribution is -2.29. The second-order valence-electron chi connectivity index (χ2n) is 7.16. The number of hydrogen-bond acceptors (Lipinski definition) is 5. The van der Waals surface area contributed by atoms with Gasteiger partial charge in [-0.25, -0.2) is 0 Å². The highest BCUT2D eigenvalue weighted by atomic mass is 16.5. The summed E-state index contributed by atoms with van der Waals surface area (Å²) in [5.74, 6) is -0.196. The summed E-state index contributed by atoms with van der Waals surface area (Å²) in [6.07, 6.45) is 5.36. The third kappa shape index (κ3) is 4.00. The Morgan fingerprint density at radius 1 is 1.17 bits per heavy atom. The Labute approximate surface area is 174 Å². The molecule has 0 saturated carbocycles. The summed E-state index contributed by atoms with van der Waals surface area (Å²) in [7, 11) is 0. The Bertz CT molecular complexity index is 1150. The van der Waals surface area contributed by atoms with Gasteiger partial charge in [-0.1, -0.05) is 41.1 Å². The number of nitrogens with one attached hydrogen (secondary N) is 1. The summed E-state index contributed by atoms with van der Waals surface area (Å²) in [5, 5.41) is 11.5. The Morgan fingerprint density at radius 3 is 2.63 bits per heavy atom. The first kappa shape index (κ1) is 19.6. The van der Waals surface area contributed by atoms with E-state index in [-0.39, 0.29) is 17.7 Å². The standard InChI is InChI=1S/C23H23N5O2/c1-4-28-14-19(16(3)26-28)20-12-21(30-27-20)23(29)25-22(18-6-5-11-24-13-18)17-9-7-15(2)8-10-17/h5-14,22H,4H2,1-3H3,(H,25,29). The molecule has 3 heterocycles. The second-order valence-corrected chi connectivity index (χ2v) is 7.16. The van der Waals surface area contributed by atoms with Gasteiger partial charge in [0.05, 0.1) is 11.7 Å². The van der Waals surface area contributed by atoms with Crippen molar-refractivity contribution in [3.8, 4) is 11.3 Å². The van der Waals surface area contributed by atoms with Gasteiger partial charge in [0.15, 0.2) is 0 Å². The van der Waals surface area contributed by atoms with E-state index in [1.807, 2.05) is 68.0 Å². The smallest absolute Gasteiger partial charge is 0.290 e. The van der Waals surface area contributed by atoms with E-state index in [1.165, 1.54) is 0 Å². The van der Waals surface area contributed by atoms with Crippen molar-refractivity contribution in [3.63, 3.8) is 0 Å². The van der Waals surface area contributed by atoms with Gasteiger partial charge in [-0.05, 0) is 38.0 Å². The molecule has 0 aliphatic rings. The summed E-state index contributed by atoms with van der Waals surface area (Å²) in [5.41, 5.74) is 5.27. The highest BCUT2D eigenvalue weighted by Crippen LogP contribution is 2.25. The van der Waals surface area contributed by atoms with Crippen LogP contribution in [0.2, 0.25) is 0 Å². The topological polar surface area (TPSA) is 85.8 Å². The summed E-state index contributed by atoms with van der Waals surface area (Å²) in [4.78, 5) is 17.2. The molecule has 4 aromatic rings. The van der Waals surface area contributed by atoms with Crippen LogP contribution < -0.4 is 5.32 Å². The van der Waals surface area contributed by atoms with E-state index in [4.69, 9.17) is 4.52 Å². The van der Waals surface area contributed by atoms with Gasteiger partial charge < -0.3 is 9.84 Å². The number of carbonyl (C=O) groups excluding carboxylic acids is 1. The van der Waals surface area contributed by atoms with E-state index in [9.17, 15) is 4.79 Å². The van der Waals surface area contributed by atoms with Crippen molar-refractivity contribution in [2.45, 2.75) is 33.4 Å². The predicted octanol–water partition coefficient (Wildman–Crippen LogP) is 4.09. The number of benzene rings is 1. The molecular weight excluding hydrogens is 378 g/mol. The van der Waals surface area contributed by atoms with Crippen LogP contribution in [0.4, 0.5) is 0 Å². The van der Waals surface area contributed by atoms with Crippen LogP contribution in [-0.4, -0.2) is 25.8 Å². The lowest BCUT2D eigenvalue weighted by atomic mass is 9.99. The van der Waals surface area contributed by atoms with E-state index >= 15 is 0 Å². The van der Waals surface area contributed by atoms with Crippen LogP contribution in [0, 0.1) is 13.8 Å². The van der Waals surface area contributed by atoms with Crippen molar-refractivity contribution >= 4 is 5.91 Å². The van der Waals surface area contributed by atoms with Crippen molar-refractivity contribution < 1.29 is 9.32 Å². The molecule has 0 fully saturated rings. The minimum absolute atomic E-state index is 0.148. The maximum absolute atomic E-state index is 13.0. The first-order valence-electron chi connectivity index (χ1n) is 9.83. The van der Waals surface area contributed by atoms with Crippen LogP contribution in [0.5, 0.6) is 0 Å². The number of aryl methyl sites for hydroxylation is 3. The Hall–Kier alpha value is -3.74. The van der Waals surface area contributed by atoms with Gasteiger partial charge in [0.2, 0.25) is 5.76 Å². The average Bonchev–Trinajstić information content (AvgIpc) is 3.40. The van der Waals surface area contributed by atoms with Gasteiger partial charge in [-0.3, -0.25) is 14.5 Å². The molecule has 7 heteroatoms. The molecule has 1 amide bonds. The second kappa shape index (κ2) is 8.32. The molecule has 0 aliphatic heterocycles. The van der Waals surface area contributed by atoms with Crippen molar-refractivity contribution in [2.75, 3.05) is 0 Å². The van der Waals surface area contributed by atoms with Crippen molar-refractivity contribution in [1.29, 1.82) is 0 Å². The van der Waals surface area contributed by atoms with Crippen molar-refractivity contribution in [2.24, 2.45) is 0 Å². The van der Waals surface area contributed by atoms with Crippen LogP contribution in [0.1, 0.15) is 45.9 Å². The molecular formula is C23H23N5O2. The molecule has 0 saturated heterocycles. The zero-order chi connectivity index (χ0) is 21.1. The van der Waals surface area contributed by atoms with E-state index in [0.29, 0.717) is 5.69 Å². The van der Waals surface area contributed by atoms with Crippen LogP contribution in [0.15, 0.2) is 65.6 Å². The zero-order valence-electron chi connectivity index (χ0n) is 17.2. The van der Waals surface area contributed by atoms with Crippen molar-refractivity contribution in [3.05, 3.63) is 89.2 Å². The van der Waals surface area contributed by atoms with Crippen LogP contribution in [-0.2, 0) is 6.54 Å². The number of aromatic nitrogens is 4. The van der Waals surface area contributed by atoms with Crippen LogP contribution in [0.3, 0.4) is 0 Å². The fourth-order valence-electron chi connectivity index (χ4n) is 3.31. The molecule has 0 aliphatic carbocycles. The fraction of sp³-hybridized carbons (Fsp3) is 0.217. The van der Waals surface area contributed by atoms with Crippen LogP contribution >= 0.6 is 0 Å². The largest absolute Gasteiger partial charge is 0.350 e. The average molecular weight is 401 g/mol. The molecule has 0 radical (unpaired) electrons. The summed E-state index contributed by atoms with van der Waals surface area (Å²) in [6.45, 7) is 6.71. The van der Waals surface area contributed by atoms with Crippen molar-refractivity contribution in [1.82, 2.24) is 25.2 Å². The number of amides is 1. The molecule has 1 aromatic carbocycles. The van der Waals surface area contributed by atoms with E-state index in [2.05, 4.69) is 20.6 Å². The molecule has 152 valence electrons. The molecule has 1 N–H and O–H groups in total. The fourth-order valence-corrected chi connectivity index (χ4v) is 3.31. The minimum atomic E-state index is -0.357. The van der Waals surface area contributed by atoms with Crippen LogP contribution in [0.25, 0.3) is 11.3 Å². The molecule has 4 rings (SSSR count).